The molecule has 1 aromatic heterocycles. The minimum Gasteiger partial charge on any atom is -0.469 e. The average molecular weight is 258 g/mol. The maximum Gasteiger partial charge on any atom is 0.259 e. The molecule has 1 heterocycles. The summed E-state index contributed by atoms with van der Waals surface area (Å²) in [6.45, 7) is 2.78. The Hall–Kier alpha value is -2.07. The second-order valence-corrected chi connectivity index (χ2v) is 4.29. The molecule has 0 bridgehead atoms. The highest BCUT2D eigenvalue weighted by Crippen LogP contribution is 2.15. The predicted molar refractivity (Wildman–Crippen MR) is 75.2 cm³/mol. The van der Waals surface area contributed by atoms with Crippen molar-refractivity contribution in [3.63, 3.8) is 0 Å². The van der Waals surface area contributed by atoms with E-state index in [1.165, 1.54) is 5.56 Å². The molecule has 0 spiro atoms. The van der Waals surface area contributed by atoms with E-state index in [0.29, 0.717) is 17.7 Å². The zero-order valence-electron chi connectivity index (χ0n) is 11.2. The number of nitrogens with one attached hydrogen (secondary N) is 2. The number of rotatable bonds is 5. The SMILES string of the molecule is CCc1occc1C(=O)Nc1ccc(CNC)cc1. The van der Waals surface area contributed by atoms with Crippen LogP contribution in [-0.4, -0.2) is 13.0 Å². The molecule has 0 aliphatic heterocycles. The zero-order chi connectivity index (χ0) is 13.7. The lowest BCUT2D eigenvalue weighted by Gasteiger charge is -2.06. The summed E-state index contributed by atoms with van der Waals surface area (Å²) in [4.78, 5) is 12.1. The lowest BCUT2D eigenvalue weighted by molar-refractivity contribution is 0.102. The summed E-state index contributed by atoms with van der Waals surface area (Å²) in [6.07, 6.45) is 2.25. The second kappa shape index (κ2) is 6.20. The van der Waals surface area contributed by atoms with Gasteiger partial charge in [-0.1, -0.05) is 19.1 Å². The number of hydrogen-bond donors (Lipinski definition) is 2. The summed E-state index contributed by atoms with van der Waals surface area (Å²) in [5, 5.41) is 5.95. The van der Waals surface area contributed by atoms with E-state index in [1.54, 1.807) is 12.3 Å². The van der Waals surface area contributed by atoms with Crippen molar-refractivity contribution in [3.8, 4) is 0 Å². The van der Waals surface area contributed by atoms with Gasteiger partial charge in [-0.25, -0.2) is 0 Å². The van der Waals surface area contributed by atoms with Crippen molar-refractivity contribution in [1.29, 1.82) is 0 Å². The molecular weight excluding hydrogens is 240 g/mol. The summed E-state index contributed by atoms with van der Waals surface area (Å²) in [6, 6.07) is 9.47. The van der Waals surface area contributed by atoms with E-state index < -0.39 is 0 Å². The van der Waals surface area contributed by atoms with Gasteiger partial charge in [-0.2, -0.15) is 0 Å². The number of carbonyl (C=O) groups is 1. The van der Waals surface area contributed by atoms with E-state index >= 15 is 0 Å². The van der Waals surface area contributed by atoms with Gasteiger partial charge in [-0.15, -0.1) is 0 Å². The first-order chi connectivity index (χ1) is 9.24. The van der Waals surface area contributed by atoms with Gasteiger partial charge in [0.2, 0.25) is 0 Å². The predicted octanol–water partition coefficient (Wildman–Crippen LogP) is 2.81. The van der Waals surface area contributed by atoms with Crippen LogP contribution in [0, 0.1) is 0 Å². The summed E-state index contributed by atoms with van der Waals surface area (Å²) in [5.41, 5.74) is 2.56. The van der Waals surface area contributed by atoms with Crippen molar-refractivity contribution in [1.82, 2.24) is 5.32 Å². The number of amides is 1. The average Bonchev–Trinajstić information content (AvgIpc) is 2.90. The third-order valence-electron chi connectivity index (χ3n) is 2.90. The summed E-state index contributed by atoms with van der Waals surface area (Å²) in [5.74, 6) is 0.580. The monoisotopic (exact) mass is 258 g/mol. The summed E-state index contributed by atoms with van der Waals surface area (Å²) in [7, 11) is 1.90. The molecule has 100 valence electrons. The Kier molecular flexibility index (Phi) is 4.36. The highest BCUT2D eigenvalue weighted by atomic mass is 16.3. The van der Waals surface area contributed by atoms with Crippen LogP contribution >= 0.6 is 0 Å². The van der Waals surface area contributed by atoms with E-state index in [9.17, 15) is 4.79 Å². The van der Waals surface area contributed by atoms with Crippen LogP contribution in [0.25, 0.3) is 0 Å². The molecule has 0 radical (unpaired) electrons. The quantitative estimate of drug-likeness (QED) is 0.867. The van der Waals surface area contributed by atoms with Crippen molar-refractivity contribution in [2.45, 2.75) is 19.9 Å². The molecule has 4 heteroatoms. The Morgan fingerprint density at radius 1 is 1.21 bits per heavy atom. The van der Waals surface area contributed by atoms with Crippen molar-refractivity contribution in [2.24, 2.45) is 0 Å². The summed E-state index contributed by atoms with van der Waals surface area (Å²) < 4.78 is 5.25. The maximum atomic E-state index is 12.1. The van der Waals surface area contributed by atoms with E-state index in [0.717, 1.165) is 12.2 Å². The van der Waals surface area contributed by atoms with Gasteiger partial charge in [-0.3, -0.25) is 4.79 Å². The molecule has 2 aromatic rings. The van der Waals surface area contributed by atoms with E-state index in [4.69, 9.17) is 4.42 Å². The minimum absolute atomic E-state index is 0.132. The molecule has 0 atom stereocenters. The molecule has 4 nitrogen and oxygen atoms in total. The van der Waals surface area contributed by atoms with Gasteiger partial charge in [0.05, 0.1) is 11.8 Å². The second-order valence-electron chi connectivity index (χ2n) is 4.29. The van der Waals surface area contributed by atoms with Crippen molar-refractivity contribution in [3.05, 3.63) is 53.5 Å². The first-order valence-corrected chi connectivity index (χ1v) is 6.36. The number of hydrogen-bond acceptors (Lipinski definition) is 3. The molecule has 19 heavy (non-hydrogen) atoms. The molecular formula is C15H18N2O2. The van der Waals surface area contributed by atoms with Gasteiger partial charge in [0.25, 0.3) is 5.91 Å². The third kappa shape index (κ3) is 3.23. The summed E-state index contributed by atoms with van der Waals surface area (Å²) >= 11 is 0. The first kappa shape index (κ1) is 13.4. The molecule has 0 unspecified atom stereocenters. The van der Waals surface area contributed by atoms with Crippen molar-refractivity contribution >= 4 is 11.6 Å². The number of aryl methyl sites for hydroxylation is 1. The smallest absolute Gasteiger partial charge is 0.259 e. The van der Waals surface area contributed by atoms with Crippen LogP contribution in [0.15, 0.2) is 41.0 Å². The molecule has 0 saturated heterocycles. The fourth-order valence-corrected chi connectivity index (χ4v) is 1.93. The molecule has 1 aromatic carbocycles. The van der Waals surface area contributed by atoms with E-state index in [1.807, 2.05) is 38.2 Å². The molecule has 0 fully saturated rings. The minimum atomic E-state index is -0.132. The highest BCUT2D eigenvalue weighted by Gasteiger charge is 2.13. The third-order valence-corrected chi connectivity index (χ3v) is 2.90. The number of anilines is 1. The fourth-order valence-electron chi connectivity index (χ4n) is 1.93. The first-order valence-electron chi connectivity index (χ1n) is 6.36. The topological polar surface area (TPSA) is 54.3 Å². The van der Waals surface area contributed by atoms with Gasteiger partial charge in [-0.05, 0) is 30.8 Å². The molecule has 1 amide bonds. The highest BCUT2D eigenvalue weighted by molar-refractivity contribution is 6.04. The van der Waals surface area contributed by atoms with Crippen molar-refractivity contribution < 1.29 is 9.21 Å². The van der Waals surface area contributed by atoms with Crippen LogP contribution in [0.5, 0.6) is 0 Å². The van der Waals surface area contributed by atoms with Gasteiger partial charge >= 0.3 is 0 Å². The van der Waals surface area contributed by atoms with Crippen molar-refractivity contribution in [2.75, 3.05) is 12.4 Å². The van der Waals surface area contributed by atoms with Gasteiger partial charge in [0.1, 0.15) is 5.76 Å². The molecule has 2 N–H and O–H groups in total. The van der Waals surface area contributed by atoms with Crippen LogP contribution in [0.2, 0.25) is 0 Å². The van der Waals surface area contributed by atoms with Gasteiger partial charge in [0, 0.05) is 18.7 Å². The maximum absolute atomic E-state index is 12.1. The standard InChI is InChI=1S/C15H18N2O2/c1-3-14-13(8-9-19-14)15(18)17-12-6-4-11(5-7-12)10-16-2/h4-9,16H,3,10H2,1-2H3,(H,17,18). The van der Waals surface area contributed by atoms with Gasteiger partial charge < -0.3 is 15.1 Å². The number of benzene rings is 1. The van der Waals surface area contributed by atoms with Crippen LogP contribution in [0.3, 0.4) is 0 Å². The fraction of sp³-hybridized carbons (Fsp3) is 0.267. The lowest BCUT2D eigenvalue weighted by Crippen LogP contribution is -2.13. The Bertz CT molecular complexity index is 544. The normalized spacial score (nSPS) is 10.4. The Balaban J connectivity index is 2.06. The Labute approximate surface area is 112 Å². The lowest BCUT2D eigenvalue weighted by atomic mass is 10.1. The zero-order valence-corrected chi connectivity index (χ0v) is 11.2. The van der Waals surface area contributed by atoms with Crippen LogP contribution in [-0.2, 0) is 13.0 Å². The number of furan rings is 1. The Morgan fingerprint density at radius 3 is 2.58 bits per heavy atom. The van der Waals surface area contributed by atoms with E-state index in [-0.39, 0.29) is 5.91 Å². The van der Waals surface area contributed by atoms with E-state index in [2.05, 4.69) is 10.6 Å². The van der Waals surface area contributed by atoms with Crippen LogP contribution in [0.4, 0.5) is 5.69 Å². The van der Waals surface area contributed by atoms with Crippen LogP contribution in [0.1, 0.15) is 28.6 Å². The molecule has 0 aliphatic carbocycles. The molecule has 2 rings (SSSR count). The largest absolute Gasteiger partial charge is 0.469 e. The Morgan fingerprint density at radius 2 is 1.95 bits per heavy atom. The molecule has 0 saturated carbocycles. The number of carbonyl (C=O) groups excluding carboxylic acids is 1. The van der Waals surface area contributed by atoms with Crippen LogP contribution < -0.4 is 10.6 Å². The van der Waals surface area contributed by atoms with Gasteiger partial charge in [0.15, 0.2) is 0 Å². The molecule has 0 aliphatic rings.